The van der Waals surface area contributed by atoms with Crippen LogP contribution in [0.15, 0.2) is 12.7 Å². The van der Waals surface area contributed by atoms with Crippen LogP contribution < -0.4 is 0 Å². The monoisotopic (exact) mass is 330 g/mol. The molecule has 0 heterocycles. The summed E-state index contributed by atoms with van der Waals surface area (Å²) in [6, 6.07) is 0. The summed E-state index contributed by atoms with van der Waals surface area (Å²) in [6.07, 6.45) is -6.01. The van der Waals surface area contributed by atoms with Gasteiger partial charge in [0.15, 0.2) is 0 Å². The fourth-order valence-electron chi connectivity index (χ4n) is 1.55. The zero-order chi connectivity index (χ0) is 16.9. The quantitative estimate of drug-likeness (QED) is 0.277. The lowest BCUT2D eigenvalue weighted by Crippen LogP contribution is -2.60. The highest BCUT2D eigenvalue weighted by Crippen LogP contribution is 2.54. The number of hydrogen-bond donors (Lipinski definition) is 0. The summed E-state index contributed by atoms with van der Waals surface area (Å²) in [7, 11) is 0. The molecule has 126 valence electrons. The van der Waals surface area contributed by atoms with E-state index in [0.717, 1.165) is 0 Å². The number of rotatable bonds is 9. The zero-order valence-corrected chi connectivity index (χ0v) is 10.9. The second-order valence-corrected chi connectivity index (χ2v) is 4.59. The van der Waals surface area contributed by atoms with Gasteiger partial charge >= 0.3 is 23.9 Å². The van der Waals surface area contributed by atoms with Gasteiger partial charge in [0, 0.05) is 6.42 Å². The van der Waals surface area contributed by atoms with E-state index in [9.17, 15) is 39.5 Å². The van der Waals surface area contributed by atoms with E-state index in [-0.39, 0.29) is 6.42 Å². The minimum atomic E-state index is -6.79. The second kappa shape index (κ2) is 6.91. The highest BCUT2D eigenvalue weighted by atomic mass is 19.4. The molecule has 0 atom stereocenters. The van der Waals surface area contributed by atoms with Crippen molar-refractivity contribution in [3.05, 3.63) is 12.7 Å². The van der Waals surface area contributed by atoms with Gasteiger partial charge in [-0.05, 0) is 19.3 Å². The first-order chi connectivity index (χ1) is 9.31. The van der Waals surface area contributed by atoms with E-state index in [1.807, 2.05) is 0 Å². The number of allylic oxidation sites excluding steroid dienone is 1. The molecule has 0 radical (unpaired) electrons. The first-order valence-electron chi connectivity index (χ1n) is 6.12. The van der Waals surface area contributed by atoms with Gasteiger partial charge in [0.2, 0.25) is 0 Å². The molecule has 0 bridgehead atoms. The molecule has 0 aromatic rings. The lowest BCUT2D eigenvalue weighted by Gasteiger charge is -2.33. The molecule has 0 aliphatic rings. The molecule has 0 aliphatic heterocycles. The fourth-order valence-corrected chi connectivity index (χ4v) is 1.55. The van der Waals surface area contributed by atoms with Crippen LogP contribution in [-0.2, 0) is 0 Å². The number of unbranched alkanes of at least 4 members (excludes halogenated alkanes) is 4. The van der Waals surface area contributed by atoms with Crippen LogP contribution in [0.3, 0.4) is 0 Å². The van der Waals surface area contributed by atoms with Crippen molar-refractivity contribution in [3.8, 4) is 0 Å². The summed E-state index contributed by atoms with van der Waals surface area (Å²) in [4.78, 5) is 0. The van der Waals surface area contributed by atoms with E-state index in [4.69, 9.17) is 0 Å². The average molecular weight is 330 g/mol. The van der Waals surface area contributed by atoms with Gasteiger partial charge in [-0.2, -0.15) is 39.5 Å². The maximum atomic E-state index is 13.1. The predicted octanol–water partition coefficient (Wildman–Crippen LogP) is 5.98. The third-order valence-corrected chi connectivity index (χ3v) is 2.86. The van der Waals surface area contributed by atoms with Gasteiger partial charge in [0.25, 0.3) is 0 Å². The van der Waals surface area contributed by atoms with Crippen molar-refractivity contribution < 1.29 is 39.5 Å². The van der Waals surface area contributed by atoms with E-state index in [0.29, 0.717) is 19.3 Å². The van der Waals surface area contributed by atoms with Gasteiger partial charge in [0.05, 0.1) is 0 Å². The Morgan fingerprint density at radius 3 is 1.57 bits per heavy atom. The molecule has 0 amide bonds. The maximum absolute atomic E-state index is 13.1. The summed E-state index contributed by atoms with van der Waals surface area (Å²) in [6.45, 7) is 3.39. The van der Waals surface area contributed by atoms with Gasteiger partial charge in [-0.15, -0.1) is 6.58 Å². The minimum absolute atomic E-state index is 0.0249. The summed E-state index contributed by atoms with van der Waals surface area (Å²) in [5, 5.41) is 0. The van der Waals surface area contributed by atoms with Gasteiger partial charge in [-0.3, -0.25) is 0 Å². The standard InChI is InChI=1S/C12H15F9/c1-2-3-4-5-6-7-8-9(13,14)10(15,16)11(17,18)12(19,20)21/h2H,1,3-8H2. The predicted molar refractivity (Wildman–Crippen MR) is 58.8 cm³/mol. The summed E-state index contributed by atoms with van der Waals surface area (Å²) >= 11 is 0. The van der Waals surface area contributed by atoms with Crippen LogP contribution in [-0.4, -0.2) is 23.9 Å². The third kappa shape index (κ3) is 4.54. The van der Waals surface area contributed by atoms with Crippen molar-refractivity contribution in [1.29, 1.82) is 0 Å². The SMILES string of the molecule is C=CCCCCCCC(F)(F)C(F)(F)C(F)(F)C(F)(F)F. The number of halogens is 9. The molecular formula is C12H15F9. The molecule has 0 aliphatic carbocycles. The first kappa shape index (κ1) is 20.1. The Kier molecular flexibility index (Phi) is 6.62. The molecule has 0 nitrogen and oxygen atoms in total. The summed E-state index contributed by atoms with van der Waals surface area (Å²) in [5.41, 5.74) is 0. The molecule has 0 spiro atoms. The third-order valence-electron chi connectivity index (χ3n) is 2.86. The molecule has 0 saturated carbocycles. The Morgan fingerprint density at radius 2 is 1.14 bits per heavy atom. The van der Waals surface area contributed by atoms with Crippen molar-refractivity contribution in [3.63, 3.8) is 0 Å². The van der Waals surface area contributed by atoms with Gasteiger partial charge < -0.3 is 0 Å². The van der Waals surface area contributed by atoms with Crippen LogP contribution in [0, 0.1) is 0 Å². The fraction of sp³-hybridized carbons (Fsp3) is 0.833. The molecule has 0 N–H and O–H groups in total. The van der Waals surface area contributed by atoms with Crippen LogP contribution in [0.5, 0.6) is 0 Å². The van der Waals surface area contributed by atoms with E-state index in [1.54, 1.807) is 6.08 Å². The molecule has 0 rings (SSSR count). The Bertz CT molecular complexity index is 330. The first-order valence-corrected chi connectivity index (χ1v) is 6.12. The lowest BCUT2D eigenvalue weighted by molar-refractivity contribution is -0.396. The summed E-state index contributed by atoms with van der Waals surface area (Å²) < 4.78 is 112. The Labute approximate surface area is 116 Å². The van der Waals surface area contributed by atoms with E-state index in [2.05, 4.69) is 6.58 Å². The normalized spacial score (nSPS) is 14.3. The van der Waals surface area contributed by atoms with Crippen LogP contribution >= 0.6 is 0 Å². The molecule has 0 unspecified atom stereocenters. The van der Waals surface area contributed by atoms with E-state index >= 15 is 0 Å². The van der Waals surface area contributed by atoms with Crippen molar-refractivity contribution in [2.75, 3.05) is 0 Å². The highest BCUT2D eigenvalue weighted by molar-refractivity contribution is 5.00. The number of alkyl halides is 9. The Hall–Kier alpha value is -0.890. The Morgan fingerprint density at radius 1 is 0.667 bits per heavy atom. The lowest BCUT2D eigenvalue weighted by atomic mass is 9.98. The van der Waals surface area contributed by atoms with E-state index in [1.165, 1.54) is 0 Å². The molecule has 21 heavy (non-hydrogen) atoms. The molecule has 0 saturated heterocycles. The van der Waals surface area contributed by atoms with Gasteiger partial charge in [0.1, 0.15) is 0 Å². The minimum Gasteiger partial charge on any atom is -0.200 e. The topological polar surface area (TPSA) is 0 Å². The average Bonchev–Trinajstić information content (AvgIpc) is 2.31. The van der Waals surface area contributed by atoms with Crippen molar-refractivity contribution in [2.45, 2.75) is 62.5 Å². The molecule has 0 aromatic heterocycles. The van der Waals surface area contributed by atoms with Crippen LogP contribution in [0.1, 0.15) is 38.5 Å². The highest BCUT2D eigenvalue weighted by Gasteiger charge is 2.81. The smallest absolute Gasteiger partial charge is 0.200 e. The van der Waals surface area contributed by atoms with Crippen LogP contribution in [0.25, 0.3) is 0 Å². The van der Waals surface area contributed by atoms with Crippen LogP contribution in [0.4, 0.5) is 39.5 Å². The van der Waals surface area contributed by atoms with Gasteiger partial charge in [-0.25, -0.2) is 0 Å². The maximum Gasteiger partial charge on any atom is 0.460 e. The molecule has 0 aromatic carbocycles. The van der Waals surface area contributed by atoms with Crippen molar-refractivity contribution in [1.82, 2.24) is 0 Å². The van der Waals surface area contributed by atoms with Crippen molar-refractivity contribution >= 4 is 0 Å². The largest absolute Gasteiger partial charge is 0.460 e. The molecular weight excluding hydrogens is 315 g/mol. The van der Waals surface area contributed by atoms with E-state index < -0.39 is 36.8 Å². The molecule has 9 heteroatoms. The Balaban J connectivity index is 4.70. The molecule has 0 fully saturated rings. The second-order valence-electron chi connectivity index (χ2n) is 4.59. The summed E-state index contributed by atoms with van der Waals surface area (Å²) in [5.74, 6) is -18.7. The zero-order valence-electron chi connectivity index (χ0n) is 10.9. The van der Waals surface area contributed by atoms with Crippen LogP contribution in [0.2, 0.25) is 0 Å². The number of hydrogen-bond acceptors (Lipinski definition) is 0. The van der Waals surface area contributed by atoms with Crippen molar-refractivity contribution in [2.24, 2.45) is 0 Å². The van der Waals surface area contributed by atoms with Gasteiger partial charge in [-0.1, -0.05) is 18.9 Å².